The summed E-state index contributed by atoms with van der Waals surface area (Å²) in [6.07, 6.45) is 1.31. The lowest BCUT2D eigenvalue weighted by molar-refractivity contribution is 0.531. The van der Waals surface area contributed by atoms with Crippen molar-refractivity contribution in [3.8, 4) is 0 Å². The van der Waals surface area contributed by atoms with Gasteiger partial charge >= 0.3 is 0 Å². The molecule has 0 aromatic carbocycles. The highest BCUT2D eigenvalue weighted by Gasteiger charge is 1.98. The van der Waals surface area contributed by atoms with Crippen molar-refractivity contribution in [2.75, 3.05) is 0 Å². The molecule has 0 saturated heterocycles. The molecule has 0 fully saturated rings. The maximum Gasteiger partial charge on any atom is 0.154 e. The first-order valence-electron chi connectivity index (χ1n) is 3.27. The van der Waals surface area contributed by atoms with Crippen molar-refractivity contribution in [2.24, 2.45) is 0 Å². The Balaban J connectivity index is 4.33. The topological polar surface area (TPSA) is 0 Å². The molecule has 0 nitrogen and oxygen atoms in total. The molecule has 0 amide bonds. The Hall–Kier alpha value is -0.660. The average molecular weight is 146 g/mol. The van der Waals surface area contributed by atoms with Crippen molar-refractivity contribution in [1.82, 2.24) is 0 Å². The molecule has 0 saturated carbocycles. The molecule has 0 rings (SSSR count). The van der Waals surface area contributed by atoms with Gasteiger partial charge in [-0.05, 0) is 26.3 Å². The molecule has 0 aromatic heterocycles. The summed E-state index contributed by atoms with van der Waals surface area (Å²) in [4.78, 5) is 0. The predicted molar refractivity (Wildman–Crippen MR) is 39.0 cm³/mol. The lowest BCUT2D eigenvalue weighted by atomic mass is 10.2. The minimum absolute atomic E-state index is 0.121. The van der Waals surface area contributed by atoms with Gasteiger partial charge in [0.1, 0.15) is 5.83 Å². The highest BCUT2D eigenvalue weighted by atomic mass is 19.2. The maximum absolute atomic E-state index is 12.5. The quantitative estimate of drug-likeness (QED) is 0.523. The summed E-state index contributed by atoms with van der Waals surface area (Å²) in [7, 11) is 0. The summed E-state index contributed by atoms with van der Waals surface area (Å²) in [6, 6.07) is 0. The minimum Gasteiger partial charge on any atom is -0.209 e. The molecule has 0 radical (unpaired) electrons. The van der Waals surface area contributed by atoms with Crippen molar-refractivity contribution in [3.05, 3.63) is 23.3 Å². The van der Waals surface area contributed by atoms with Crippen molar-refractivity contribution >= 4 is 0 Å². The Bertz CT molecular complexity index is 162. The van der Waals surface area contributed by atoms with Crippen LogP contribution in [0.2, 0.25) is 0 Å². The Labute approximate surface area is 60.2 Å². The highest BCUT2D eigenvalue weighted by Crippen LogP contribution is 2.13. The van der Waals surface area contributed by atoms with Crippen LogP contribution in [0.15, 0.2) is 23.3 Å². The van der Waals surface area contributed by atoms with Crippen molar-refractivity contribution < 1.29 is 8.78 Å². The van der Waals surface area contributed by atoms with Crippen LogP contribution in [0.25, 0.3) is 0 Å². The molecule has 0 aliphatic carbocycles. The molecule has 2 heteroatoms. The van der Waals surface area contributed by atoms with Gasteiger partial charge < -0.3 is 0 Å². The third-order valence-corrected chi connectivity index (χ3v) is 0.985. The standard InChI is InChI=1S/C8H12F2/c1-4-7(9)8(10)5-6(2)3/h5H,4H2,1-3H3/b8-7-. The summed E-state index contributed by atoms with van der Waals surface area (Å²) in [5, 5.41) is 0. The molecule has 0 unspecified atom stereocenters. The van der Waals surface area contributed by atoms with E-state index in [2.05, 4.69) is 0 Å². The smallest absolute Gasteiger partial charge is 0.154 e. The molecule has 0 atom stereocenters. The van der Waals surface area contributed by atoms with Crippen molar-refractivity contribution in [3.63, 3.8) is 0 Å². The molecule has 0 N–H and O–H groups in total. The van der Waals surface area contributed by atoms with E-state index >= 15 is 0 Å². The largest absolute Gasteiger partial charge is 0.209 e. The zero-order valence-electron chi connectivity index (χ0n) is 6.54. The molecule has 0 aliphatic rings. The van der Waals surface area contributed by atoms with Gasteiger partial charge in [0.05, 0.1) is 0 Å². The van der Waals surface area contributed by atoms with Crippen LogP contribution >= 0.6 is 0 Å². The molecular formula is C8H12F2. The second-order valence-corrected chi connectivity index (χ2v) is 2.33. The van der Waals surface area contributed by atoms with E-state index in [4.69, 9.17) is 0 Å². The first kappa shape index (κ1) is 9.34. The van der Waals surface area contributed by atoms with Crippen LogP contribution in [0.3, 0.4) is 0 Å². The molecule has 58 valence electrons. The van der Waals surface area contributed by atoms with Gasteiger partial charge in [-0.2, -0.15) is 0 Å². The van der Waals surface area contributed by atoms with E-state index in [-0.39, 0.29) is 6.42 Å². The third kappa shape index (κ3) is 3.38. The first-order chi connectivity index (χ1) is 4.57. The van der Waals surface area contributed by atoms with Crippen LogP contribution in [0.4, 0.5) is 8.78 Å². The van der Waals surface area contributed by atoms with Crippen LogP contribution in [-0.2, 0) is 0 Å². The summed E-state index contributed by atoms with van der Waals surface area (Å²) in [6.45, 7) is 5.03. The summed E-state index contributed by atoms with van der Waals surface area (Å²) in [5.74, 6) is -1.43. The Morgan fingerprint density at radius 2 is 1.80 bits per heavy atom. The summed E-state index contributed by atoms with van der Waals surface area (Å²) in [5.41, 5.74) is 0.765. The molecule has 0 aliphatic heterocycles. The van der Waals surface area contributed by atoms with E-state index in [9.17, 15) is 8.78 Å². The van der Waals surface area contributed by atoms with E-state index in [1.54, 1.807) is 20.8 Å². The molecular weight excluding hydrogens is 134 g/mol. The van der Waals surface area contributed by atoms with Crippen LogP contribution in [-0.4, -0.2) is 0 Å². The zero-order valence-corrected chi connectivity index (χ0v) is 6.54. The molecule has 0 aromatic rings. The predicted octanol–water partition coefficient (Wildman–Crippen LogP) is 3.51. The van der Waals surface area contributed by atoms with Crippen LogP contribution in [0.1, 0.15) is 27.2 Å². The van der Waals surface area contributed by atoms with E-state index in [1.165, 1.54) is 6.08 Å². The Kier molecular flexibility index (Phi) is 3.93. The minimum atomic E-state index is -0.748. The first-order valence-corrected chi connectivity index (χ1v) is 3.27. The van der Waals surface area contributed by atoms with Crippen molar-refractivity contribution in [2.45, 2.75) is 27.2 Å². The average Bonchev–Trinajstić information content (AvgIpc) is 1.85. The lowest BCUT2D eigenvalue weighted by Crippen LogP contribution is -1.75. The van der Waals surface area contributed by atoms with Crippen molar-refractivity contribution in [1.29, 1.82) is 0 Å². The number of halogens is 2. The van der Waals surface area contributed by atoms with Gasteiger partial charge in [-0.15, -0.1) is 0 Å². The fourth-order valence-electron chi connectivity index (χ4n) is 0.501. The monoisotopic (exact) mass is 146 g/mol. The van der Waals surface area contributed by atoms with Gasteiger partial charge in [-0.25, -0.2) is 8.78 Å². The van der Waals surface area contributed by atoms with Gasteiger partial charge in [0, 0.05) is 0 Å². The van der Waals surface area contributed by atoms with Crippen LogP contribution < -0.4 is 0 Å². The van der Waals surface area contributed by atoms with Crippen LogP contribution in [0.5, 0.6) is 0 Å². The molecule has 0 bridgehead atoms. The number of rotatable bonds is 2. The number of hydrogen-bond acceptors (Lipinski definition) is 0. The lowest BCUT2D eigenvalue weighted by Gasteiger charge is -1.91. The zero-order chi connectivity index (χ0) is 8.15. The fourth-order valence-corrected chi connectivity index (χ4v) is 0.501. The summed E-state index contributed by atoms with van der Waals surface area (Å²) < 4.78 is 24.8. The SMILES string of the molecule is CC/C(F)=C(/F)C=C(C)C. The van der Waals surface area contributed by atoms with E-state index in [0.29, 0.717) is 0 Å². The fraction of sp³-hybridized carbons (Fsp3) is 0.500. The van der Waals surface area contributed by atoms with Gasteiger partial charge in [0.2, 0.25) is 0 Å². The highest BCUT2D eigenvalue weighted by molar-refractivity contribution is 5.18. The molecule has 0 spiro atoms. The Morgan fingerprint density at radius 3 is 2.10 bits per heavy atom. The van der Waals surface area contributed by atoms with Gasteiger partial charge in [0.25, 0.3) is 0 Å². The van der Waals surface area contributed by atoms with Gasteiger partial charge in [-0.3, -0.25) is 0 Å². The molecule has 10 heavy (non-hydrogen) atoms. The second kappa shape index (κ2) is 4.20. The number of allylic oxidation sites excluding steroid dienone is 4. The van der Waals surface area contributed by atoms with E-state index in [0.717, 1.165) is 5.57 Å². The summed E-state index contributed by atoms with van der Waals surface area (Å²) >= 11 is 0. The normalized spacial score (nSPS) is 12.5. The third-order valence-electron chi connectivity index (χ3n) is 0.985. The van der Waals surface area contributed by atoms with Gasteiger partial charge in [-0.1, -0.05) is 12.5 Å². The molecule has 0 heterocycles. The Morgan fingerprint density at radius 1 is 1.30 bits per heavy atom. The number of hydrogen-bond donors (Lipinski definition) is 0. The van der Waals surface area contributed by atoms with E-state index in [1.807, 2.05) is 0 Å². The van der Waals surface area contributed by atoms with E-state index < -0.39 is 11.7 Å². The maximum atomic E-state index is 12.5. The second-order valence-electron chi connectivity index (χ2n) is 2.33. The van der Waals surface area contributed by atoms with Crippen LogP contribution in [0, 0.1) is 0 Å². The van der Waals surface area contributed by atoms with Gasteiger partial charge in [0.15, 0.2) is 5.83 Å².